The van der Waals surface area contributed by atoms with E-state index in [1.807, 2.05) is 49.4 Å². The highest BCUT2D eigenvalue weighted by Gasteiger charge is 2.29. The van der Waals surface area contributed by atoms with Crippen molar-refractivity contribution >= 4 is 12.0 Å². The molecule has 3 nitrogen and oxygen atoms in total. The number of nitriles is 1. The largest absolute Gasteiger partial charge is 0.461 e. The van der Waals surface area contributed by atoms with Crippen LogP contribution in [0.25, 0.3) is 17.2 Å². The van der Waals surface area contributed by atoms with Crippen LogP contribution in [0, 0.1) is 16.7 Å². The molecular weight excluding hydrogens is 334 g/mol. The molecule has 0 spiro atoms. The fraction of sp³-hybridized carbons (Fsp3) is 0.333. The summed E-state index contributed by atoms with van der Waals surface area (Å²) in [6, 6.07) is 20.4. The van der Waals surface area contributed by atoms with Gasteiger partial charge in [-0.3, -0.25) is 0 Å². The first-order valence-corrected chi connectivity index (χ1v) is 9.54. The summed E-state index contributed by atoms with van der Waals surface area (Å²) in [5.41, 5.74) is 2.58. The average molecular weight is 361 g/mol. The zero-order valence-electron chi connectivity index (χ0n) is 16.2. The van der Waals surface area contributed by atoms with Crippen molar-refractivity contribution in [3.63, 3.8) is 0 Å². The summed E-state index contributed by atoms with van der Waals surface area (Å²) >= 11 is 0. The van der Waals surface area contributed by atoms with E-state index >= 15 is 0 Å². The molecule has 140 valence electrons. The quantitative estimate of drug-likeness (QED) is 0.405. The van der Waals surface area contributed by atoms with Gasteiger partial charge in [-0.15, -0.1) is 0 Å². The number of hydrogen-bond donors (Lipinski definition) is 0. The number of hydrogen-bond acceptors (Lipinski definition) is 3. The Labute approximate surface area is 162 Å². The van der Waals surface area contributed by atoms with Gasteiger partial charge in [0.25, 0.3) is 0 Å². The molecule has 0 aliphatic heterocycles. The van der Waals surface area contributed by atoms with Crippen LogP contribution in [0.1, 0.15) is 45.1 Å². The molecule has 2 aromatic carbocycles. The van der Waals surface area contributed by atoms with E-state index in [-0.39, 0.29) is 6.61 Å². The Balaban J connectivity index is 1.99. The molecule has 0 N–H and O–H groups in total. The molecule has 0 amide bonds. The SMILES string of the molecule is CCCCC(C#N)(CC)COC(=O)C=Cc1cccc(-c2ccccc2)c1. The highest BCUT2D eigenvalue weighted by molar-refractivity contribution is 5.87. The number of benzene rings is 2. The van der Waals surface area contributed by atoms with Crippen LogP contribution in [0.4, 0.5) is 0 Å². The Morgan fingerprint density at radius 1 is 1.11 bits per heavy atom. The lowest BCUT2D eigenvalue weighted by atomic mass is 9.82. The Morgan fingerprint density at radius 2 is 1.85 bits per heavy atom. The van der Waals surface area contributed by atoms with Gasteiger partial charge in [0.1, 0.15) is 6.61 Å². The molecule has 3 heteroatoms. The maximum atomic E-state index is 12.1. The lowest BCUT2D eigenvalue weighted by Gasteiger charge is -2.24. The van der Waals surface area contributed by atoms with Crippen molar-refractivity contribution in [3.05, 3.63) is 66.2 Å². The van der Waals surface area contributed by atoms with Crippen LogP contribution in [0.2, 0.25) is 0 Å². The number of carbonyl (C=O) groups excluding carboxylic acids is 1. The van der Waals surface area contributed by atoms with E-state index < -0.39 is 11.4 Å². The maximum Gasteiger partial charge on any atom is 0.330 e. The third-order valence-corrected chi connectivity index (χ3v) is 4.82. The van der Waals surface area contributed by atoms with Crippen molar-refractivity contribution in [1.29, 1.82) is 5.26 Å². The molecule has 0 aliphatic rings. The molecule has 0 fully saturated rings. The highest BCUT2D eigenvalue weighted by Crippen LogP contribution is 2.28. The van der Waals surface area contributed by atoms with Gasteiger partial charge in [0.2, 0.25) is 0 Å². The zero-order valence-corrected chi connectivity index (χ0v) is 16.2. The predicted molar refractivity (Wildman–Crippen MR) is 110 cm³/mol. The minimum Gasteiger partial charge on any atom is -0.461 e. The zero-order chi connectivity index (χ0) is 19.5. The summed E-state index contributed by atoms with van der Waals surface area (Å²) in [4.78, 5) is 12.1. The molecule has 0 aliphatic carbocycles. The molecule has 27 heavy (non-hydrogen) atoms. The Bertz CT molecular complexity index is 805. The molecule has 0 heterocycles. The van der Waals surface area contributed by atoms with E-state index in [0.717, 1.165) is 36.0 Å². The van der Waals surface area contributed by atoms with Crippen molar-refractivity contribution in [2.24, 2.45) is 5.41 Å². The van der Waals surface area contributed by atoms with Crippen molar-refractivity contribution in [2.45, 2.75) is 39.5 Å². The van der Waals surface area contributed by atoms with Gasteiger partial charge in [-0.2, -0.15) is 5.26 Å². The Hall–Kier alpha value is -2.86. The van der Waals surface area contributed by atoms with Crippen molar-refractivity contribution < 1.29 is 9.53 Å². The lowest BCUT2D eigenvalue weighted by Crippen LogP contribution is -2.26. The van der Waals surface area contributed by atoms with Crippen molar-refractivity contribution in [2.75, 3.05) is 6.61 Å². The molecule has 0 aromatic heterocycles. The molecule has 2 rings (SSSR count). The van der Waals surface area contributed by atoms with Gasteiger partial charge in [0, 0.05) is 6.08 Å². The Kier molecular flexibility index (Phi) is 7.82. The van der Waals surface area contributed by atoms with E-state index in [9.17, 15) is 10.1 Å². The van der Waals surface area contributed by atoms with Gasteiger partial charge in [-0.1, -0.05) is 75.2 Å². The monoisotopic (exact) mass is 361 g/mol. The van der Waals surface area contributed by atoms with Crippen LogP contribution in [-0.2, 0) is 9.53 Å². The predicted octanol–water partition coefficient (Wildman–Crippen LogP) is 6.02. The highest BCUT2D eigenvalue weighted by atomic mass is 16.5. The van der Waals surface area contributed by atoms with Gasteiger partial charge in [0.15, 0.2) is 0 Å². The molecule has 0 radical (unpaired) electrons. The molecular formula is C24H27NO2. The van der Waals surface area contributed by atoms with Gasteiger partial charge in [-0.25, -0.2) is 4.79 Å². The average Bonchev–Trinajstić information content (AvgIpc) is 2.74. The number of rotatable bonds is 9. The second-order valence-electron chi connectivity index (χ2n) is 6.78. The van der Waals surface area contributed by atoms with Crippen LogP contribution in [0.15, 0.2) is 60.7 Å². The van der Waals surface area contributed by atoms with E-state index in [1.54, 1.807) is 6.08 Å². The lowest BCUT2D eigenvalue weighted by molar-refractivity contribution is -0.140. The number of esters is 1. The van der Waals surface area contributed by atoms with Crippen LogP contribution < -0.4 is 0 Å². The summed E-state index contributed by atoms with van der Waals surface area (Å²) in [6.45, 7) is 4.21. The van der Waals surface area contributed by atoms with Gasteiger partial charge >= 0.3 is 5.97 Å². The van der Waals surface area contributed by atoms with Crippen LogP contribution in [0.3, 0.4) is 0 Å². The summed E-state index contributed by atoms with van der Waals surface area (Å²) < 4.78 is 5.37. The number of nitrogens with zero attached hydrogens (tertiary/aromatic N) is 1. The maximum absolute atomic E-state index is 12.1. The van der Waals surface area contributed by atoms with E-state index in [1.165, 1.54) is 6.08 Å². The topological polar surface area (TPSA) is 50.1 Å². The Morgan fingerprint density at radius 3 is 2.52 bits per heavy atom. The van der Waals surface area contributed by atoms with E-state index in [4.69, 9.17) is 4.74 Å². The fourth-order valence-electron chi connectivity index (χ4n) is 2.91. The number of unbranched alkanes of at least 4 members (excludes halogenated alkanes) is 1. The standard InChI is InChI=1S/C24H27NO2/c1-3-5-16-24(4-2,18-25)19-27-23(26)15-14-20-10-9-13-22(17-20)21-11-7-6-8-12-21/h6-15,17H,3-5,16,19H2,1-2H3. The molecule has 1 unspecified atom stereocenters. The number of ether oxygens (including phenoxy) is 1. The van der Waals surface area contributed by atoms with Gasteiger partial charge in [-0.05, 0) is 41.7 Å². The third kappa shape index (κ3) is 6.11. The first-order valence-electron chi connectivity index (χ1n) is 9.54. The summed E-state index contributed by atoms with van der Waals surface area (Å²) in [5, 5.41) is 9.50. The minimum absolute atomic E-state index is 0.146. The molecule has 2 aromatic rings. The van der Waals surface area contributed by atoms with E-state index in [0.29, 0.717) is 6.42 Å². The normalized spacial score (nSPS) is 13.1. The first kappa shape index (κ1) is 20.5. The fourth-order valence-corrected chi connectivity index (χ4v) is 2.91. The van der Waals surface area contributed by atoms with Crippen molar-refractivity contribution in [1.82, 2.24) is 0 Å². The van der Waals surface area contributed by atoms with E-state index in [2.05, 4.69) is 25.1 Å². The summed E-state index contributed by atoms with van der Waals surface area (Å²) in [5.74, 6) is -0.412. The summed E-state index contributed by atoms with van der Waals surface area (Å²) in [6.07, 6.45) is 6.60. The molecule has 0 saturated carbocycles. The molecule has 1 atom stereocenters. The third-order valence-electron chi connectivity index (χ3n) is 4.82. The van der Waals surface area contributed by atoms with Crippen LogP contribution in [-0.4, -0.2) is 12.6 Å². The van der Waals surface area contributed by atoms with Crippen LogP contribution >= 0.6 is 0 Å². The smallest absolute Gasteiger partial charge is 0.330 e. The first-order chi connectivity index (χ1) is 13.1. The van der Waals surface area contributed by atoms with Crippen molar-refractivity contribution in [3.8, 4) is 17.2 Å². The second-order valence-corrected chi connectivity index (χ2v) is 6.78. The summed E-state index contributed by atoms with van der Waals surface area (Å²) in [7, 11) is 0. The molecule has 0 saturated heterocycles. The number of carbonyl (C=O) groups is 1. The van der Waals surface area contributed by atoms with Gasteiger partial charge < -0.3 is 4.74 Å². The van der Waals surface area contributed by atoms with Gasteiger partial charge in [0.05, 0.1) is 11.5 Å². The molecule has 0 bridgehead atoms. The minimum atomic E-state index is -0.577. The second kappa shape index (κ2) is 10.3. The van der Waals surface area contributed by atoms with Crippen LogP contribution in [0.5, 0.6) is 0 Å².